The van der Waals surface area contributed by atoms with Crippen LogP contribution in [0.2, 0.25) is 5.02 Å². The Balaban J connectivity index is 2.07. The molecule has 0 amide bonds. The van der Waals surface area contributed by atoms with Crippen molar-refractivity contribution in [2.75, 3.05) is 25.1 Å². The van der Waals surface area contributed by atoms with Crippen molar-refractivity contribution in [2.45, 2.75) is 25.4 Å². The Morgan fingerprint density at radius 2 is 2.33 bits per heavy atom. The Bertz CT molecular complexity index is 416. The van der Waals surface area contributed by atoms with E-state index in [9.17, 15) is 4.79 Å². The third-order valence-electron chi connectivity index (χ3n) is 3.28. The van der Waals surface area contributed by atoms with Crippen LogP contribution in [0.1, 0.15) is 29.6 Å². The summed E-state index contributed by atoms with van der Waals surface area (Å²) < 4.78 is 5.71. The molecule has 0 bridgehead atoms. The molecule has 2 rings (SSSR count). The SMILES string of the molecule is CN(CC1CCCCO1)c1ccc(Cl)cc1C=O. The predicted octanol–water partition coefficient (Wildman–Crippen LogP) is 3.16. The van der Waals surface area contributed by atoms with Crippen LogP contribution in [-0.2, 0) is 4.74 Å². The van der Waals surface area contributed by atoms with Crippen molar-refractivity contribution in [3.63, 3.8) is 0 Å². The molecule has 3 nitrogen and oxygen atoms in total. The first-order chi connectivity index (χ1) is 8.70. The van der Waals surface area contributed by atoms with Crippen LogP contribution in [-0.4, -0.2) is 32.6 Å². The van der Waals surface area contributed by atoms with Gasteiger partial charge in [-0.1, -0.05) is 11.6 Å². The number of rotatable bonds is 4. The van der Waals surface area contributed by atoms with Crippen molar-refractivity contribution in [2.24, 2.45) is 0 Å². The largest absolute Gasteiger partial charge is 0.376 e. The number of anilines is 1. The van der Waals surface area contributed by atoms with Gasteiger partial charge in [-0.15, -0.1) is 0 Å². The van der Waals surface area contributed by atoms with Crippen LogP contribution in [0.5, 0.6) is 0 Å². The van der Waals surface area contributed by atoms with Crippen LogP contribution in [0.25, 0.3) is 0 Å². The van der Waals surface area contributed by atoms with Gasteiger partial charge in [0, 0.05) is 36.5 Å². The van der Waals surface area contributed by atoms with Gasteiger partial charge in [-0.25, -0.2) is 0 Å². The molecule has 0 radical (unpaired) electrons. The molecule has 1 aromatic rings. The molecular weight excluding hydrogens is 250 g/mol. The Morgan fingerprint density at radius 1 is 1.50 bits per heavy atom. The van der Waals surface area contributed by atoms with Crippen molar-refractivity contribution in [3.05, 3.63) is 28.8 Å². The highest BCUT2D eigenvalue weighted by Crippen LogP contribution is 2.23. The van der Waals surface area contributed by atoms with E-state index in [1.54, 1.807) is 6.07 Å². The maximum atomic E-state index is 11.1. The molecule has 1 atom stereocenters. The van der Waals surface area contributed by atoms with Crippen LogP contribution < -0.4 is 4.90 Å². The standard InChI is InChI=1S/C14H18ClNO2/c1-16(9-13-4-2-3-7-18-13)14-6-5-12(15)8-11(14)10-17/h5-6,8,10,13H,2-4,7,9H2,1H3. The van der Waals surface area contributed by atoms with E-state index in [0.29, 0.717) is 10.6 Å². The second kappa shape index (κ2) is 6.21. The maximum absolute atomic E-state index is 11.1. The number of halogens is 1. The summed E-state index contributed by atoms with van der Waals surface area (Å²) in [6, 6.07) is 5.39. The molecule has 0 aliphatic carbocycles. The van der Waals surface area contributed by atoms with E-state index in [-0.39, 0.29) is 6.10 Å². The van der Waals surface area contributed by atoms with E-state index >= 15 is 0 Å². The fourth-order valence-corrected chi connectivity index (χ4v) is 2.50. The van der Waals surface area contributed by atoms with Gasteiger partial charge in [-0.05, 0) is 37.5 Å². The first-order valence-electron chi connectivity index (χ1n) is 6.28. The zero-order valence-corrected chi connectivity index (χ0v) is 11.3. The molecule has 0 saturated carbocycles. The highest BCUT2D eigenvalue weighted by molar-refractivity contribution is 6.31. The number of benzene rings is 1. The minimum Gasteiger partial charge on any atom is -0.376 e. The first kappa shape index (κ1) is 13.4. The number of ether oxygens (including phenoxy) is 1. The quantitative estimate of drug-likeness (QED) is 0.785. The topological polar surface area (TPSA) is 29.5 Å². The molecule has 1 aliphatic rings. The Kier molecular flexibility index (Phi) is 4.61. The Labute approximate surface area is 113 Å². The number of carbonyl (C=O) groups is 1. The Hall–Kier alpha value is -1.06. The molecule has 0 N–H and O–H groups in total. The van der Waals surface area contributed by atoms with Crippen molar-refractivity contribution < 1.29 is 9.53 Å². The van der Waals surface area contributed by atoms with Gasteiger partial charge in [0.05, 0.1) is 6.10 Å². The smallest absolute Gasteiger partial charge is 0.152 e. The summed E-state index contributed by atoms with van der Waals surface area (Å²) in [6.07, 6.45) is 4.58. The Morgan fingerprint density at radius 3 is 3.00 bits per heavy atom. The van der Waals surface area contributed by atoms with E-state index in [0.717, 1.165) is 38.0 Å². The normalized spacial score (nSPS) is 19.6. The molecule has 1 aromatic carbocycles. The number of likely N-dealkylation sites (N-methyl/N-ethyl adjacent to an activating group) is 1. The summed E-state index contributed by atoms with van der Waals surface area (Å²) in [5.74, 6) is 0. The molecule has 1 unspecified atom stereocenters. The minimum absolute atomic E-state index is 0.263. The molecule has 4 heteroatoms. The summed E-state index contributed by atoms with van der Waals surface area (Å²) in [7, 11) is 1.98. The van der Waals surface area contributed by atoms with Crippen molar-refractivity contribution >= 4 is 23.6 Å². The lowest BCUT2D eigenvalue weighted by molar-refractivity contribution is 0.0216. The molecule has 1 aliphatic heterocycles. The van der Waals surface area contributed by atoms with Crippen LogP contribution in [0.3, 0.4) is 0 Å². The zero-order valence-electron chi connectivity index (χ0n) is 10.6. The maximum Gasteiger partial charge on any atom is 0.152 e. The third kappa shape index (κ3) is 3.24. The minimum atomic E-state index is 0.263. The number of hydrogen-bond donors (Lipinski definition) is 0. The van der Waals surface area contributed by atoms with E-state index in [4.69, 9.17) is 16.3 Å². The van der Waals surface area contributed by atoms with E-state index in [1.165, 1.54) is 6.42 Å². The lowest BCUT2D eigenvalue weighted by Crippen LogP contribution is -2.33. The summed E-state index contributed by atoms with van der Waals surface area (Å²) in [5, 5.41) is 0.586. The van der Waals surface area contributed by atoms with E-state index in [1.807, 2.05) is 19.2 Å². The molecule has 0 aromatic heterocycles. The van der Waals surface area contributed by atoms with Crippen LogP contribution >= 0.6 is 11.6 Å². The highest BCUT2D eigenvalue weighted by Gasteiger charge is 2.17. The van der Waals surface area contributed by atoms with Gasteiger partial charge in [0.15, 0.2) is 6.29 Å². The third-order valence-corrected chi connectivity index (χ3v) is 3.51. The van der Waals surface area contributed by atoms with Gasteiger partial charge in [-0.2, -0.15) is 0 Å². The van der Waals surface area contributed by atoms with E-state index in [2.05, 4.69) is 4.90 Å². The zero-order chi connectivity index (χ0) is 13.0. The van der Waals surface area contributed by atoms with Gasteiger partial charge in [0.25, 0.3) is 0 Å². The van der Waals surface area contributed by atoms with Crippen molar-refractivity contribution in [1.82, 2.24) is 0 Å². The van der Waals surface area contributed by atoms with Crippen molar-refractivity contribution in [1.29, 1.82) is 0 Å². The van der Waals surface area contributed by atoms with Crippen LogP contribution in [0.15, 0.2) is 18.2 Å². The fourth-order valence-electron chi connectivity index (χ4n) is 2.32. The molecule has 1 heterocycles. The molecular formula is C14H18ClNO2. The average Bonchev–Trinajstić information content (AvgIpc) is 2.39. The predicted molar refractivity (Wildman–Crippen MR) is 73.7 cm³/mol. The fraction of sp³-hybridized carbons (Fsp3) is 0.500. The summed E-state index contributed by atoms with van der Waals surface area (Å²) >= 11 is 5.89. The van der Waals surface area contributed by atoms with Crippen LogP contribution in [0.4, 0.5) is 5.69 Å². The van der Waals surface area contributed by atoms with Gasteiger partial charge in [-0.3, -0.25) is 4.79 Å². The number of carbonyl (C=O) groups excluding carboxylic acids is 1. The summed E-state index contributed by atoms with van der Waals surface area (Å²) in [6.45, 7) is 1.65. The highest BCUT2D eigenvalue weighted by atomic mass is 35.5. The van der Waals surface area contributed by atoms with Gasteiger partial charge in [0.1, 0.15) is 0 Å². The van der Waals surface area contributed by atoms with Gasteiger partial charge in [0.2, 0.25) is 0 Å². The number of nitrogens with zero attached hydrogens (tertiary/aromatic N) is 1. The summed E-state index contributed by atoms with van der Waals surface area (Å²) in [5.41, 5.74) is 1.53. The second-order valence-electron chi connectivity index (χ2n) is 4.69. The molecule has 1 fully saturated rings. The molecule has 0 spiro atoms. The lowest BCUT2D eigenvalue weighted by atomic mass is 10.1. The van der Waals surface area contributed by atoms with Gasteiger partial charge >= 0.3 is 0 Å². The molecule has 1 saturated heterocycles. The lowest BCUT2D eigenvalue weighted by Gasteiger charge is -2.29. The van der Waals surface area contributed by atoms with Gasteiger partial charge < -0.3 is 9.64 Å². The number of hydrogen-bond acceptors (Lipinski definition) is 3. The van der Waals surface area contributed by atoms with E-state index < -0.39 is 0 Å². The summed E-state index contributed by atoms with van der Waals surface area (Å²) in [4.78, 5) is 13.1. The number of aldehydes is 1. The first-order valence-corrected chi connectivity index (χ1v) is 6.66. The second-order valence-corrected chi connectivity index (χ2v) is 5.13. The van der Waals surface area contributed by atoms with Crippen LogP contribution in [0, 0.1) is 0 Å². The van der Waals surface area contributed by atoms with Crippen molar-refractivity contribution in [3.8, 4) is 0 Å². The molecule has 18 heavy (non-hydrogen) atoms. The molecule has 98 valence electrons. The monoisotopic (exact) mass is 267 g/mol. The average molecular weight is 268 g/mol.